The van der Waals surface area contributed by atoms with Gasteiger partial charge in [0.1, 0.15) is 0 Å². The summed E-state index contributed by atoms with van der Waals surface area (Å²) in [5, 5.41) is 0. The van der Waals surface area contributed by atoms with Crippen LogP contribution in [0.5, 0.6) is 0 Å². The molecule has 0 amide bonds. The molecule has 3 aromatic rings. The first kappa shape index (κ1) is 18.2. The van der Waals surface area contributed by atoms with Crippen LogP contribution in [0.3, 0.4) is 0 Å². The summed E-state index contributed by atoms with van der Waals surface area (Å²) in [5.74, 6) is 0. The third kappa shape index (κ3) is 3.52. The molecule has 1 aliphatic heterocycles. The highest BCUT2D eigenvalue weighted by Crippen LogP contribution is 2.38. The zero-order valence-corrected chi connectivity index (χ0v) is 16.3. The summed E-state index contributed by atoms with van der Waals surface area (Å²) < 4.78 is 13.1. The number of methoxy groups -OCH3 is 1. The van der Waals surface area contributed by atoms with Crippen LogP contribution in [-0.4, -0.2) is 29.9 Å². The average Bonchev–Trinajstić information content (AvgIpc) is 2.71. The van der Waals surface area contributed by atoms with E-state index in [-0.39, 0.29) is 11.2 Å². The van der Waals surface area contributed by atoms with E-state index in [2.05, 4.69) is 29.2 Å². The van der Waals surface area contributed by atoms with Crippen LogP contribution in [0.1, 0.15) is 18.4 Å². The van der Waals surface area contributed by atoms with Gasteiger partial charge in [0, 0.05) is 50.0 Å². The maximum absolute atomic E-state index is 11.7. The quantitative estimate of drug-likeness (QED) is 0.688. The second kappa shape index (κ2) is 7.46. The van der Waals surface area contributed by atoms with Gasteiger partial charge >= 0.3 is 0 Å². The lowest BCUT2D eigenvalue weighted by Crippen LogP contribution is -2.35. The molecule has 4 rings (SSSR count). The smallest absolute Gasteiger partial charge is 0.269 e. The molecule has 0 unspecified atom stereocenters. The molecule has 0 radical (unpaired) electrons. The van der Waals surface area contributed by atoms with Gasteiger partial charge in [-0.2, -0.15) is 0 Å². The highest BCUT2D eigenvalue weighted by atomic mass is 32.2. The molecule has 1 aromatic heterocycles. The van der Waals surface area contributed by atoms with Crippen LogP contribution < -0.4 is 5.56 Å². The molecule has 5 nitrogen and oxygen atoms in total. The summed E-state index contributed by atoms with van der Waals surface area (Å²) in [5.41, 5.74) is 2.48. The molecule has 2 aromatic carbocycles. The maximum Gasteiger partial charge on any atom is 0.269 e. The van der Waals surface area contributed by atoms with Gasteiger partial charge in [0.25, 0.3) is 5.56 Å². The molecular formula is C21H22N2O3S. The van der Waals surface area contributed by atoms with Crippen molar-refractivity contribution in [3.63, 3.8) is 0 Å². The van der Waals surface area contributed by atoms with Gasteiger partial charge in [0.2, 0.25) is 0 Å². The number of aromatic nitrogens is 2. The molecule has 1 saturated heterocycles. The van der Waals surface area contributed by atoms with E-state index in [9.17, 15) is 4.79 Å². The van der Waals surface area contributed by atoms with Crippen LogP contribution in [-0.2, 0) is 22.1 Å². The fraction of sp³-hybridized carbons (Fsp3) is 0.333. The predicted molar refractivity (Wildman–Crippen MR) is 106 cm³/mol. The highest BCUT2D eigenvalue weighted by molar-refractivity contribution is 7.99. The van der Waals surface area contributed by atoms with E-state index in [1.165, 1.54) is 11.8 Å². The van der Waals surface area contributed by atoms with Crippen LogP contribution in [0.15, 0.2) is 63.2 Å². The lowest BCUT2D eigenvalue weighted by molar-refractivity contribution is -0.0948. The molecule has 0 spiro atoms. The minimum absolute atomic E-state index is 0.100. The van der Waals surface area contributed by atoms with Gasteiger partial charge in [-0.25, -0.2) is 4.98 Å². The van der Waals surface area contributed by atoms with Crippen LogP contribution >= 0.6 is 11.8 Å². The molecule has 140 valence electrons. The number of aryl methyl sites for hydroxylation is 1. The molecule has 27 heavy (non-hydrogen) atoms. The Bertz CT molecular complexity index is 1030. The fourth-order valence-electron chi connectivity index (χ4n) is 3.57. The van der Waals surface area contributed by atoms with Gasteiger partial charge < -0.3 is 14.0 Å². The van der Waals surface area contributed by atoms with Gasteiger partial charge in [-0.1, -0.05) is 23.9 Å². The Kier molecular flexibility index (Phi) is 5.04. The van der Waals surface area contributed by atoms with Crippen molar-refractivity contribution in [1.29, 1.82) is 0 Å². The van der Waals surface area contributed by atoms with E-state index in [0.29, 0.717) is 0 Å². The second-order valence-electron chi connectivity index (χ2n) is 6.75. The summed E-state index contributed by atoms with van der Waals surface area (Å²) >= 11 is 1.69. The van der Waals surface area contributed by atoms with E-state index < -0.39 is 0 Å². The van der Waals surface area contributed by atoms with Crippen molar-refractivity contribution in [2.75, 3.05) is 20.3 Å². The van der Waals surface area contributed by atoms with E-state index in [1.54, 1.807) is 30.5 Å². The van der Waals surface area contributed by atoms with Crippen LogP contribution in [0.25, 0.3) is 11.0 Å². The number of hydrogen-bond donors (Lipinski definition) is 0. The topological polar surface area (TPSA) is 53.3 Å². The van der Waals surface area contributed by atoms with Crippen molar-refractivity contribution in [3.8, 4) is 0 Å². The highest BCUT2D eigenvalue weighted by Gasteiger charge is 2.34. The molecular weight excluding hydrogens is 360 g/mol. The maximum atomic E-state index is 11.7. The molecule has 0 saturated carbocycles. The van der Waals surface area contributed by atoms with Crippen molar-refractivity contribution in [2.45, 2.75) is 28.2 Å². The Labute approximate surface area is 162 Å². The predicted octanol–water partition coefficient (Wildman–Crippen LogP) is 3.74. The first-order valence-corrected chi connectivity index (χ1v) is 9.80. The zero-order valence-electron chi connectivity index (χ0n) is 15.5. The van der Waals surface area contributed by atoms with E-state index in [4.69, 9.17) is 9.47 Å². The lowest BCUT2D eigenvalue weighted by Gasteiger charge is -2.36. The van der Waals surface area contributed by atoms with Crippen molar-refractivity contribution in [2.24, 2.45) is 7.05 Å². The van der Waals surface area contributed by atoms with E-state index in [0.717, 1.165) is 46.9 Å². The molecule has 0 N–H and O–H groups in total. The SMILES string of the molecule is COC1(c2cccc(Sc3ccc4c(c3)ncc(=O)n4C)c2)CCOCC1. The summed E-state index contributed by atoms with van der Waals surface area (Å²) in [7, 11) is 3.55. The van der Waals surface area contributed by atoms with Crippen LogP contribution in [0.4, 0.5) is 0 Å². The zero-order chi connectivity index (χ0) is 18.9. The normalized spacial score (nSPS) is 16.5. The molecule has 1 fully saturated rings. The average molecular weight is 382 g/mol. The van der Waals surface area contributed by atoms with Crippen LogP contribution in [0.2, 0.25) is 0 Å². The first-order valence-electron chi connectivity index (χ1n) is 8.98. The second-order valence-corrected chi connectivity index (χ2v) is 7.89. The third-order valence-corrected chi connectivity index (χ3v) is 6.22. The van der Waals surface area contributed by atoms with Gasteiger partial charge in [0.15, 0.2) is 0 Å². The third-order valence-electron chi connectivity index (χ3n) is 5.24. The van der Waals surface area contributed by atoms with Gasteiger partial charge in [-0.3, -0.25) is 4.79 Å². The fourth-order valence-corrected chi connectivity index (χ4v) is 4.49. The lowest BCUT2D eigenvalue weighted by atomic mass is 9.86. The van der Waals surface area contributed by atoms with Crippen LogP contribution in [0, 0.1) is 0 Å². The minimum Gasteiger partial charge on any atom is -0.381 e. The van der Waals surface area contributed by atoms with E-state index in [1.807, 2.05) is 18.2 Å². The summed E-state index contributed by atoms with van der Waals surface area (Å²) in [4.78, 5) is 18.2. The number of benzene rings is 2. The summed E-state index contributed by atoms with van der Waals surface area (Å²) in [6.45, 7) is 1.44. The molecule has 0 aliphatic carbocycles. The van der Waals surface area contributed by atoms with Crippen molar-refractivity contribution in [3.05, 3.63) is 64.6 Å². The number of ether oxygens (including phenoxy) is 2. The Balaban J connectivity index is 1.64. The molecule has 6 heteroatoms. The van der Waals surface area contributed by atoms with E-state index >= 15 is 0 Å². The standard InChI is InChI=1S/C21H22N2O3S/c1-23-19-7-6-17(13-18(19)22-14-20(23)24)27-16-5-3-4-15(12-16)21(25-2)8-10-26-11-9-21/h3-7,12-14H,8-11H2,1-2H3. The Hall–Kier alpha value is -2.15. The summed E-state index contributed by atoms with van der Waals surface area (Å²) in [6, 6.07) is 14.5. The Morgan fingerprint density at radius 1 is 1.15 bits per heavy atom. The number of fused-ring (bicyclic) bond motifs is 1. The van der Waals surface area contributed by atoms with Gasteiger partial charge in [0.05, 0.1) is 22.8 Å². The molecule has 1 aliphatic rings. The number of rotatable bonds is 4. The van der Waals surface area contributed by atoms with Crippen molar-refractivity contribution >= 4 is 22.8 Å². The van der Waals surface area contributed by atoms with Crippen molar-refractivity contribution in [1.82, 2.24) is 9.55 Å². The first-order chi connectivity index (χ1) is 13.1. The largest absolute Gasteiger partial charge is 0.381 e. The minimum atomic E-state index is -0.266. The number of hydrogen-bond acceptors (Lipinski definition) is 5. The Morgan fingerprint density at radius 3 is 2.70 bits per heavy atom. The molecule has 0 bridgehead atoms. The van der Waals surface area contributed by atoms with Gasteiger partial charge in [-0.15, -0.1) is 0 Å². The summed E-state index contributed by atoms with van der Waals surface area (Å²) in [6.07, 6.45) is 3.10. The molecule has 0 atom stereocenters. The monoisotopic (exact) mass is 382 g/mol. The number of nitrogens with zero attached hydrogens (tertiary/aromatic N) is 2. The Morgan fingerprint density at radius 2 is 1.93 bits per heavy atom. The van der Waals surface area contributed by atoms with Gasteiger partial charge in [-0.05, 0) is 35.9 Å². The molecule has 2 heterocycles. The van der Waals surface area contributed by atoms with Crippen molar-refractivity contribution < 1.29 is 9.47 Å².